The molecule has 1 aliphatic heterocycles. The third kappa shape index (κ3) is 5.94. The number of ether oxygens (including phenoxy) is 1. The van der Waals surface area contributed by atoms with Crippen molar-refractivity contribution in [2.45, 2.75) is 32.3 Å². The number of carbonyl (C=O) groups is 3. The zero-order chi connectivity index (χ0) is 23.1. The van der Waals surface area contributed by atoms with Crippen LogP contribution in [0.15, 0.2) is 78.6 Å². The Labute approximate surface area is 188 Å². The van der Waals surface area contributed by atoms with Gasteiger partial charge in [-0.3, -0.25) is 14.4 Å². The van der Waals surface area contributed by atoms with Crippen LogP contribution in [0.3, 0.4) is 0 Å². The topological polar surface area (TPSA) is 75.7 Å². The van der Waals surface area contributed by atoms with Crippen LogP contribution >= 0.6 is 0 Å². The summed E-state index contributed by atoms with van der Waals surface area (Å²) in [4.78, 5) is 39.2. The third-order valence-corrected chi connectivity index (χ3v) is 5.26. The summed E-state index contributed by atoms with van der Waals surface area (Å²) in [7, 11) is 1.86. The number of hydrogen-bond donors (Lipinski definition) is 1. The van der Waals surface area contributed by atoms with Gasteiger partial charge in [0, 0.05) is 29.9 Å². The van der Waals surface area contributed by atoms with Gasteiger partial charge in [-0.05, 0) is 32.0 Å². The van der Waals surface area contributed by atoms with Crippen LogP contribution in [0.2, 0.25) is 0 Å². The van der Waals surface area contributed by atoms with Crippen molar-refractivity contribution in [1.29, 1.82) is 0 Å². The molecule has 0 bridgehead atoms. The fourth-order valence-electron chi connectivity index (χ4n) is 3.35. The van der Waals surface area contributed by atoms with Gasteiger partial charge in [0.2, 0.25) is 5.91 Å². The molecule has 2 aromatic rings. The predicted molar refractivity (Wildman–Crippen MR) is 123 cm³/mol. The maximum atomic E-state index is 12.6. The van der Waals surface area contributed by atoms with Crippen LogP contribution in [0, 0.1) is 0 Å². The molecule has 2 aromatic carbocycles. The average Bonchev–Trinajstić information content (AvgIpc) is 2.82. The number of nitrogens with zero attached hydrogens (tertiary/aromatic N) is 1. The van der Waals surface area contributed by atoms with E-state index in [2.05, 4.69) is 5.32 Å². The Kier molecular flexibility index (Phi) is 7.60. The highest BCUT2D eigenvalue weighted by Gasteiger charge is 2.21. The molecule has 6 nitrogen and oxygen atoms in total. The van der Waals surface area contributed by atoms with Gasteiger partial charge in [0.25, 0.3) is 0 Å². The molecule has 0 aromatic heterocycles. The van der Waals surface area contributed by atoms with Crippen LogP contribution < -0.4 is 5.32 Å². The summed E-state index contributed by atoms with van der Waals surface area (Å²) in [5.41, 5.74) is 2.61. The highest BCUT2D eigenvalue weighted by Crippen LogP contribution is 2.20. The van der Waals surface area contributed by atoms with Crippen molar-refractivity contribution in [1.82, 2.24) is 10.2 Å². The molecular weight excluding hydrogens is 404 g/mol. The zero-order valence-corrected chi connectivity index (χ0v) is 18.6. The molecule has 0 aliphatic carbocycles. The normalized spacial score (nSPS) is 14.8. The van der Waals surface area contributed by atoms with Crippen LogP contribution in [-0.4, -0.2) is 42.3 Å². The van der Waals surface area contributed by atoms with Crippen molar-refractivity contribution in [2.24, 2.45) is 0 Å². The summed E-state index contributed by atoms with van der Waals surface area (Å²) >= 11 is 0. The van der Waals surface area contributed by atoms with Gasteiger partial charge in [-0.25, -0.2) is 0 Å². The molecule has 6 heteroatoms. The van der Waals surface area contributed by atoms with E-state index in [0.717, 1.165) is 5.56 Å². The van der Waals surface area contributed by atoms with E-state index in [1.807, 2.05) is 42.4 Å². The van der Waals surface area contributed by atoms with Crippen molar-refractivity contribution in [2.75, 3.05) is 13.6 Å². The Bertz CT molecular complexity index is 1030. The number of carbonyl (C=O) groups excluding carboxylic acids is 3. The monoisotopic (exact) mass is 432 g/mol. The molecule has 1 amide bonds. The van der Waals surface area contributed by atoms with E-state index in [4.69, 9.17) is 4.74 Å². The second-order valence-electron chi connectivity index (χ2n) is 7.91. The molecule has 2 atom stereocenters. The Balaban J connectivity index is 1.51. The second-order valence-corrected chi connectivity index (χ2v) is 7.91. The lowest BCUT2D eigenvalue weighted by Crippen LogP contribution is -2.35. The van der Waals surface area contributed by atoms with Crippen LogP contribution in [0.5, 0.6) is 0 Å². The number of benzene rings is 2. The van der Waals surface area contributed by atoms with Gasteiger partial charge in [-0.1, -0.05) is 60.7 Å². The van der Waals surface area contributed by atoms with Crippen molar-refractivity contribution in [3.63, 3.8) is 0 Å². The zero-order valence-electron chi connectivity index (χ0n) is 18.6. The van der Waals surface area contributed by atoms with Gasteiger partial charge in [-0.2, -0.15) is 0 Å². The first-order valence-corrected chi connectivity index (χ1v) is 10.6. The number of hydrogen-bond acceptors (Lipinski definition) is 5. The number of ketones is 1. The second kappa shape index (κ2) is 10.6. The van der Waals surface area contributed by atoms with Gasteiger partial charge in [0.15, 0.2) is 5.78 Å². The first-order chi connectivity index (χ1) is 15.3. The average molecular weight is 433 g/mol. The van der Waals surface area contributed by atoms with E-state index in [1.54, 1.807) is 56.4 Å². The minimum absolute atomic E-state index is 0.0634. The molecule has 3 rings (SSSR count). The van der Waals surface area contributed by atoms with E-state index in [9.17, 15) is 14.4 Å². The quantitative estimate of drug-likeness (QED) is 0.507. The highest BCUT2D eigenvalue weighted by molar-refractivity contribution is 6.09. The molecule has 0 saturated heterocycles. The van der Waals surface area contributed by atoms with Gasteiger partial charge in [-0.15, -0.1) is 0 Å². The van der Waals surface area contributed by atoms with E-state index < -0.39 is 12.0 Å². The molecule has 1 N–H and O–H groups in total. The van der Waals surface area contributed by atoms with Crippen LogP contribution in [0.1, 0.15) is 47.7 Å². The number of amides is 1. The summed E-state index contributed by atoms with van der Waals surface area (Å²) in [5, 5.41) is 2.81. The fraction of sp³-hybridized carbons (Fsp3) is 0.269. The molecule has 2 unspecified atom stereocenters. The van der Waals surface area contributed by atoms with Crippen molar-refractivity contribution in [3.05, 3.63) is 95.3 Å². The van der Waals surface area contributed by atoms with Crippen molar-refractivity contribution < 1.29 is 19.1 Å². The first kappa shape index (κ1) is 23.0. The molecule has 32 heavy (non-hydrogen) atoms. The summed E-state index contributed by atoms with van der Waals surface area (Å²) in [6, 6.07) is 16.1. The van der Waals surface area contributed by atoms with Crippen molar-refractivity contribution >= 4 is 17.7 Å². The van der Waals surface area contributed by atoms with Crippen LogP contribution in [-0.2, 0) is 14.3 Å². The van der Waals surface area contributed by atoms with Gasteiger partial charge in [0.1, 0.15) is 6.10 Å². The molecule has 0 saturated carbocycles. The molecule has 1 aliphatic rings. The van der Waals surface area contributed by atoms with E-state index in [1.165, 1.54) is 0 Å². The molecule has 0 fully saturated rings. The van der Waals surface area contributed by atoms with Crippen LogP contribution in [0.25, 0.3) is 0 Å². The molecule has 1 heterocycles. The lowest BCUT2D eigenvalue weighted by atomic mass is 9.97. The lowest BCUT2D eigenvalue weighted by molar-refractivity contribution is -0.149. The molecular formula is C26H28N2O4. The minimum atomic E-state index is -0.492. The summed E-state index contributed by atoms with van der Waals surface area (Å²) in [6.07, 6.45) is 5.70. The van der Waals surface area contributed by atoms with Gasteiger partial charge < -0.3 is 15.0 Å². The Morgan fingerprint density at radius 1 is 1.00 bits per heavy atom. The Morgan fingerprint density at radius 3 is 2.31 bits per heavy atom. The largest absolute Gasteiger partial charge is 0.460 e. The van der Waals surface area contributed by atoms with E-state index in [-0.39, 0.29) is 24.2 Å². The molecule has 0 spiro atoms. The highest BCUT2D eigenvalue weighted by atomic mass is 16.5. The SMILES string of the molecule is CC(CNC(=O)C1=CN(C)C=CC1)OC(=O)C(C)c1ccc(C(=O)c2ccccc2)cc1. The number of esters is 1. The van der Waals surface area contributed by atoms with E-state index in [0.29, 0.717) is 23.1 Å². The smallest absolute Gasteiger partial charge is 0.313 e. The Hall–Kier alpha value is -3.67. The standard InChI is InChI=1S/C26H28N2O4/c1-18(16-27-25(30)23-10-7-15-28(3)17-23)32-26(31)19(2)20-11-13-22(14-12-20)24(29)21-8-5-4-6-9-21/h4-9,11-15,17-19H,10,16H2,1-3H3,(H,27,30). The first-order valence-electron chi connectivity index (χ1n) is 10.6. The Morgan fingerprint density at radius 2 is 1.66 bits per heavy atom. The molecule has 166 valence electrons. The summed E-state index contributed by atoms with van der Waals surface area (Å²) < 4.78 is 5.51. The maximum Gasteiger partial charge on any atom is 0.313 e. The van der Waals surface area contributed by atoms with Crippen molar-refractivity contribution in [3.8, 4) is 0 Å². The predicted octanol–water partition coefficient (Wildman–Crippen LogP) is 3.80. The van der Waals surface area contributed by atoms with Crippen LogP contribution in [0.4, 0.5) is 0 Å². The fourth-order valence-corrected chi connectivity index (χ4v) is 3.35. The number of allylic oxidation sites excluding steroid dienone is 1. The third-order valence-electron chi connectivity index (χ3n) is 5.26. The van der Waals surface area contributed by atoms with Gasteiger partial charge >= 0.3 is 5.97 Å². The number of rotatable bonds is 8. The minimum Gasteiger partial charge on any atom is -0.460 e. The number of nitrogens with one attached hydrogen (secondary N) is 1. The lowest BCUT2D eigenvalue weighted by Gasteiger charge is -2.19. The maximum absolute atomic E-state index is 12.6. The van der Waals surface area contributed by atoms with E-state index >= 15 is 0 Å². The van der Waals surface area contributed by atoms with Gasteiger partial charge in [0.05, 0.1) is 12.5 Å². The summed E-state index contributed by atoms with van der Waals surface area (Å²) in [6.45, 7) is 3.73. The molecule has 0 radical (unpaired) electrons. The summed E-state index contributed by atoms with van der Waals surface area (Å²) in [5.74, 6) is -1.11.